The number of likely N-dealkylation sites (N-methyl/N-ethyl adjacent to an activating group) is 2. The lowest BCUT2D eigenvalue weighted by Gasteiger charge is -2.33. The number of amides is 8. The van der Waals surface area contributed by atoms with Gasteiger partial charge in [-0.1, -0.05) is 135 Å². The molecule has 4 fully saturated rings. The van der Waals surface area contributed by atoms with E-state index in [1.54, 1.807) is 72.4 Å². The molecule has 4 heterocycles. The number of hydrogen-bond donors (Lipinski definition) is 12. The molecular weight excluding hydrogens is 1260 g/mol. The maximum Gasteiger partial charge on any atom is 0.247 e. The molecule has 4 aliphatic rings. The number of rotatable bonds is 38. The molecule has 4 aliphatic heterocycles. The summed E-state index contributed by atoms with van der Waals surface area (Å²) in [6.07, 6.45) is 8.15. The number of nitrogens with zero attached hydrogens (tertiary/aromatic N) is 2. The van der Waals surface area contributed by atoms with Crippen LogP contribution >= 0.6 is 0 Å². The van der Waals surface area contributed by atoms with Gasteiger partial charge in [0.2, 0.25) is 47.3 Å². The van der Waals surface area contributed by atoms with Gasteiger partial charge in [-0.2, -0.15) is 0 Å². The second kappa shape index (κ2) is 39.1. The summed E-state index contributed by atoms with van der Waals surface area (Å²) in [6, 6.07) is 30.6. The molecule has 0 aliphatic carbocycles. The second-order valence-electron chi connectivity index (χ2n) is 26.4. The Bertz CT molecular complexity index is 3340. The van der Waals surface area contributed by atoms with Crippen molar-refractivity contribution in [2.24, 2.45) is 11.8 Å². The highest BCUT2D eigenvalue weighted by Gasteiger charge is 2.50. The minimum atomic E-state index is -1.08. The van der Waals surface area contributed by atoms with E-state index in [0.29, 0.717) is 140 Å². The van der Waals surface area contributed by atoms with Gasteiger partial charge in [-0.05, 0) is 126 Å². The van der Waals surface area contributed by atoms with Crippen LogP contribution in [0, 0.1) is 11.8 Å². The number of nitrogens with one attached hydrogen (secondary N) is 12. The van der Waals surface area contributed by atoms with E-state index in [0.717, 1.165) is 11.1 Å². The Morgan fingerprint density at radius 1 is 0.475 bits per heavy atom. The van der Waals surface area contributed by atoms with Crippen molar-refractivity contribution in [3.05, 3.63) is 155 Å². The van der Waals surface area contributed by atoms with Crippen LogP contribution in [-0.4, -0.2) is 171 Å². The first-order chi connectivity index (χ1) is 48.1. The molecule has 24 nitrogen and oxygen atoms in total. The number of aldehydes is 1. The second-order valence-corrected chi connectivity index (χ2v) is 26.4. The Balaban J connectivity index is 0.804. The highest BCUT2D eigenvalue weighted by molar-refractivity contribution is 5.99. The molecule has 24 heteroatoms. The van der Waals surface area contributed by atoms with E-state index in [1.165, 1.54) is 6.92 Å². The van der Waals surface area contributed by atoms with E-state index in [4.69, 9.17) is 0 Å². The van der Waals surface area contributed by atoms with E-state index in [2.05, 4.69) is 63.8 Å². The van der Waals surface area contributed by atoms with Crippen molar-refractivity contribution in [1.82, 2.24) is 73.6 Å². The summed E-state index contributed by atoms with van der Waals surface area (Å²) < 4.78 is 0. The Labute approximate surface area is 582 Å². The van der Waals surface area contributed by atoms with Crippen LogP contribution in [0.25, 0.3) is 0 Å². The quantitative estimate of drug-likeness (QED) is 0.0173. The smallest absolute Gasteiger partial charge is 0.247 e. The molecule has 0 spiro atoms. The zero-order valence-electron chi connectivity index (χ0n) is 58.1. The minimum Gasteiger partial charge on any atom is -0.381 e. The summed E-state index contributed by atoms with van der Waals surface area (Å²) in [4.78, 5) is 143. The number of allylic oxidation sites excluding steroid dienone is 2. The number of unbranched alkanes of at least 4 members (excludes halogenated alkanes) is 2. The standard InChI is InChI=1S/C75H104N14O10/c1-6-58(76-4)68(92)86-66-54(46-78-44-50-24-12-8-13-25-50)32-34-56-36-38-61(88(56)74(66)98)70(94)84-64(52-28-16-10-17-29-52)72(96)82-42-22-20-40-80-60(48-90)63(49(3)91)81-41-21-23-43-83-73(97)65(53-30-18-11-19-31-53)85-71(95)62-39-37-57-35-33-55(47-79-45-51-26-14-9-15-27-51)67(75(99)89(57)62)87-69(93)59(7-2)77-5/h8-19,24-31,48,54-59,61-62,64-67,76-81H,6-7,20-23,32-47H2,1-5H3,(H,82,96)(H,83,97)(H,84,94)(H,85,95)(H,86,92)(H,87,93)/b63-60-/t54-,55-,56+,57+,58+,59+,61+,62+,64+,65+,66+,67+/m1/s1. The lowest BCUT2D eigenvalue weighted by molar-refractivity contribution is -0.144. The fraction of sp³-hybridized carbons (Fsp3) is 0.520. The van der Waals surface area contributed by atoms with Gasteiger partial charge in [0, 0.05) is 83.2 Å². The van der Waals surface area contributed by atoms with Gasteiger partial charge in [0.15, 0.2) is 12.1 Å². The average Bonchev–Trinajstić information content (AvgIpc) is 1.65. The van der Waals surface area contributed by atoms with Crippen LogP contribution in [0.4, 0.5) is 0 Å². The summed E-state index contributed by atoms with van der Waals surface area (Å²) >= 11 is 0. The van der Waals surface area contributed by atoms with Gasteiger partial charge >= 0.3 is 0 Å². The number of ketones is 1. The Morgan fingerprint density at radius 3 is 1.20 bits per heavy atom. The fourth-order valence-electron chi connectivity index (χ4n) is 14.3. The highest BCUT2D eigenvalue weighted by atomic mass is 16.2. The van der Waals surface area contributed by atoms with Gasteiger partial charge in [0.25, 0.3) is 0 Å². The molecule has 12 N–H and O–H groups in total. The van der Waals surface area contributed by atoms with Crippen molar-refractivity contribution >= 4 is 59.3 Å². The SMILES string of the molecule is CC[C@H](NC)C(=O)N[C@@H]1C(=O)N2[C@@H](CC[C@@H]1CNCc1ccccc1)CC[C@H]2C(=O)N[C@H](C(=O)NCCCCN/C(C=O)=C(\NCCCCNC(=O)[C@@H](NC(=O)[C@@H]1CC[C@@H]2CC[C@H](CNCc3ccccc3)[C@H](NC(=O)[C@H](CC)NC)C(=O)N21)c1ccccc1)C(C)=O)c1ccccc1. The number of carbonyl (C=O) groups is 10. The Hall–Kier alpha value is -8.84. The molecule has 4 aromatic carbocycles. The van der Waals surface area contributed by atoms with Gasteiger partial charge in [-0.15, -0.1) is 0 Å². The summed E-state index contributed by atoms with van der Waals surface area (Å²) in [7, 11) is 3.42. The van der Waals surface area contributed by atoms with E-state index < -0.39 is 72.0 Å². The molecule has 0 unspecified atom stereocenters. The number of fused-ring (bicyclic) bond motifs is 2. The number of benzene rings is 4. The van der Waals surface area contributed by atoms with Crippen LogP contribution in [-0.2, 0) is 61.0 Å². The molecule has 0 aromatic heterocycles. The molecule has 4 saturated heterocycles. The fourth-order valence-corrected chi connectivity index (χ4v) is 14.3. The summed E-state index contributed by atoms with van der Waals surface area (Å²) in [5, 5.41) is 37.3. The topological polar surface area (TPSA) is 322 Å². The third-order valence-electron chi connectivity index (χ3n) is 19.8. The Morgan fingerprint density at radius 2 is 0.838 bits per heavy atom. The molecule has 0 saturated carbocycles. The van der Waals surface area contributed by atoms with Crippen LogP contribution in [0.1, 0.15) is 145 Å². The zero-order valence-corrected chi connectivity index (χ0v) is 58.1. The molecule has 12 atom stereocenters. The highest BCUT2D eigenvalue weighted by Crippen LogP contribution is 2.36. The lowest BCUT2D eigenvalue weighted by Crippen LogP contribution is -2.59. The maximum atomic E-state index is 14.8. The first kappa shape index (κ1) is 75.9. The van der Waals surface area contributed by atoms with Gasteiger partial charge in [-0.25, -0.2) is 0 Å². The lowest BCUT2D eigenvalue weighted by atomic mass is 9.92. The van der Waals surface area contributed by atoms with Gasteiger partial charge in [0.05, 0.1) is 12.1 Å². The van der Waals surface area contributed by atoms with Crippen molar-refractivity contribution in [3.8, 4) is 0 Å². The average molecular weight is 1360 g/mol. The van der Waals surface area contributed by atoms with Gasteiger partial charge in [0.1, 0.15) is 47.6 Å². The molecule has 534 valence electrons. The molecule has 0 bridgehead atoms. The van der Waals surface area contributed by atoms with Gasteiger partial charge in [-0.3, -0.25) is 47.9 Å². The van der Waals surface area contributed by atoms with Crippen LogP contribution in [0.5, 0.6) is 0 Å². The maximum absolute atomic E-state index is 14.8. The van der Waals surface area contributed by atoms with Crippen molar-refractivity contribution in [2.75, 3.05) is 53.4 Å². The van der Waals surface area contributed by atoms with Crippen molar-refractivity contribution in [1.29, 1.82) is 0 Å². The van der Waals surface area contributed by atoms with Crippen LogP contribution < -0.4 is 63.8 Å². The zero-order chi connectivity index (χ0) is 70.6. The van der Waals surface area contributed by atoms with E-state index in [-0.39, 0.29) is 84.4 Å². The molecule has 99 heavy (non-hydrogen) atoms. The summed E-state index contributed by atoms with van der Waals surface area (Å²) in [5.41, 5.74) is 3.47. The summed E-state index contributed by atoms with van der Waals surface area (Å²) in [5.74, 6) is -3.85. The molecular formula is C75H104N14O10. The first-order valence-electron chi connectivity index (χ1n) is 35.6. The van der Waals surface area contributed by atoms with Crippen LogP contribution in [0.3, 0.4) is 0 Å². The molecule has 4 aromatic rings. The third kappa shape index (κ3) is 21.1. The van der Waals surface area contributed by atoms with Crippen molar-refractivity contribution < 1.29 is 47.9 Å². The molecule has 8 rings (SSSR count). The predicted molar refractivity (Wildman–Crippen MR) is 378 cm³/mol. The van der Waals surface area contributed by atoms with E-state index >= 15 is 0 Å². The third-order valence-corrected chi connectivity index (χ3v) is 19.8. The van der Waals surface area contributed by atoms with Gasteiger partial charge < -0.3 is 73.6 Å². The molecule has 8 amide bonds. The minimum absolute atomic E-state index is 0.0718. The largest absolute Gasteiger partial charge is 0.381 e. The molecule has 0 radical (unpaired) electrons. The number of hydrogen-bond acceptors (Lipinski definition) is 16. The van der Waals surface area contributed by atoms with Crippen LogP contribution in [0.15, 0.2) is 133 Å². The number of Topliss-reactive ketones (excluding diaryl/α,β-unsaturated/α-hetero) is 1. The first-order valence-corrected chi connectivity index (χ1v) is 35.6. The van der Waals surface area contributed by atoms with Crippen LogP contribution in [0.2, 0.25) is 0 Å². The predicted octanol–water partition coefficient (Wildman–Crippen LogP) is 3.76. The Kier molecular flexibility index (Phi) is 30.0. The number of carbonyl (C=O) groups excluding carboxylic acids is 10. The normalized spacial score (nSPS) is 21.9. The van der Waals surface area contributed by atoms with Crippen molar-refractivity contribution in [3.63, 3.8) is 0 Å². The van der Waals surface area contributed by atoms with E-state index in [9.17, 15) is 47.9 Å². The van der Waals surface area contributed by atoms with Crippen molar-refractivity contribution in [2.45, 2.75) is 184 Å². The monoisotopic (exact) mass is 1360 g/mol. The summed E-state index contributed by atoms with van der Waals surface area (Å²) in [6.45, 7) is 8.31. The van der Waals surface area contributed by atoms with E-state index in [1.807, 2.05) is 86.6 Å².